The summed E-state index contributed by atoms with van der Waals surface area (Å²) < 4.78 is 43.4. The molecule has 0 aliphatic rings. The first kappa shape index (κ1) is 24.9. The normalized spacial score (nSPS) is 12.5. The van der Waals surface area contributed by atoms with Crippen LogP contribution in [-0.2, 0) is 37.2 Å². The number of nitrogens with zero attached hydrogens (tertiary/aromatic N) is 2. The predicted octanol–water partition coefficient (Wildman–Crippen LogP) is 4.98. The lowest BCUT2D eigenvalue weighted by atomic mass is 10.2. The summed E-state index contributed by atoms with van der Waals surface area (Å²) in [5, 5.41) is 4.21. The molecule has 0 bridgehead atoms. The fraction of sp³-hybridized carbons (Fsp3) is 0.812. The van der Waals surface area contributed by atoms with Gasteiger partial charge in [0.05, 0.1) is 19.0 Å². The Hall–Kier alpha value is -0.180. The molecule has 0 aliphatic carbocycles. The second-order valence-electron chi connectivity index (χ2n) is 5.90. The van der Waals surface area contributed by atoms with E-state index in [1.807, 2.05) is 0 Å². The molecule has 7 nitrogen and oxygen atoms in total. The maximum absolute atomic E-state index is 12.7. The van der Waals surface area contributed by atoms with E-state index in [2.05, 4.69) is 12.0 Å². The Morgan fingerprint density at radius 1 is 1.07 bits per heavy atom. The molecule has 1 heterocycles. The van der Waals surface area contributed by atoms with E-state index in [0.717, 1.165) is 25.7 Å². The van der Waals surface area contributed by atoms with E-state index in [1.54, 1.807) is 20.8 Å². The summed E-state index contributed by atoms with van der Waals surface area (Å²) in [5.74, 6) is -0.0650. The molecule has 0 aromatic carbocycles. The lowest BCUT2D eigenvalue weighted by molar-refractivity contribution is 0.215. The molecular formula is C16H30ClN2O5PS2. The SMILES string of the molecule is CCCCCCn1nc(OP(=S)(OCC)OCC)c(Cl)c1S(=O)(=O)CCC. The number of aromatic nitrogens is 2. The van der Waals surface area contributed by atoms with Crippen molar-refractivity contribution in [1.82, 2.24) is 9.78 Å². The number of hydrogen-bond acceptors (Lipinski definition) is 7. The molecule has 0 atom stereocenters. The Morgan fingerprint density at radius 2 is 1.70 bits per heavy atom. The van der Waals surface area contributed by atoms with Gasteiger partial charge in [-0.2, -0.15) is 0 Å². The summed E-state index contributed by atoms with van der Waals surface area (Å²) in [6.45, 7) is 5.39. The van der Waals surface area contributed by atoms with Crippen molar-refractivity contribution in [2.75, 3.05) is 19.0 Å². The Balaban J connectivity index is 3.26. The third-order valence-corrected chi connectivity index (χ3v) is 8.39. The van der Waals surface area contributed by atoms with E-state index in [1.165, 1.54) is 4.68 Å². The van der Waals surface area contributed by atoms with Gasteiger partial charge in [0.2, 0.25) is 0 Å². The number of unbranched alkanes of at least 4 members (excludes halogenated alkanes) is 3. The molecule has 0 unspecified atom stereocenters. The van der Waals surface area contributed by atoms with E-state index in [0.29, 0.717) is 26.2 Å². The minimum Gasteiger partial charge on any atom is -0.402 e. The first-order valence-corrected chi connectivity index (χ1v) is 13.9. The van der Waals surface area contributed by atoms with Crippen molar-refractivity contribution in [1.29, 1.82) is 0 Å². The van der Waals surface area contributed by atoms with E-state index < -0.39 is 16.6 Å². The van der Waals surface area contributed by atoms with Crippen LogP contribution in [0.15, 0.2) is 5.03 Å². The van der Waals surface area contributed by atoms with Gasteiger partial charge in [-0.15, -0.1) is 5.10 Å². The highest BCUT2D eigenvalue weighted by atomic mass is 35.5. The quantitative estimate of drug-likeness (QED) is 0.286. The third-order valence-electron chi connectivity index (χ3n) is 3.59. The minimum absolute atomic E-state index is 0.0160. The van der Waals surface area contributed by atoms with Crippen LogP contribution in [0, 0.1) is 0 Å². The molecule has 1 aromatic heterocycles. The first-order chi connectivity index (χ1) is 12.7. The molecule has 0 saturated carbocycles. The van der Waals surface area contributed by atoms with Gasteiger partial charge in [0, 0.05) is 18.4 Å². The van der Waals surface area contributed by atoms with Gasteiger partial charge in [0.25, 0.3) is 5.88 Å². The standard InChI is InChI=1S/C16H30ClN2O5PS2/c1-5-9-10-11-12-19-16(27(20,21)13-6-2)14(17)15(18-19)24-25(26,22-7-3)23-8-4/h5-13H2,1-4H3. The molecule has 158 valence electrons. The summed E-state index contributed by atoms with van der Waals surface area (Å²) in [5.41, 5.74) is 0. The van der Waals surface area contributed by atoms with Crippen molar-refractivity contribution >= 4 is 40.0 Å². The first-order valence-electron chi connectivity index (χ1n) is 9.32. The monoisotopic (exact) mass is 460 g/mol. The molecule has 0 aliphatic heterocycles. The molecule has 0 amide bonds. The summed E-state index contributed by atoms with van der Waals surface area (Å²) in [7, 11) is -3.59. The summed E-state index contributed by atoms with van der Waals surface area (Å²) in [6, 6.07) is 0. The van der Waals surface area contributed by atoms with Crippen LogP contribution in [0.25, 0.3) is 0 Å². The van der Waals surface area contributed by atoms with Crippen LogP contribution in [0.2, 0.25) is 5.02 Å². The molecule has 27 heavy (non-hydrogen) atoms. The van der Waals surface area contributed by atoms with Gasteiger partial charge in [0.1, 0.15) is 5.02 Å². The fourth-order valence-corrected chi connectivity index (χ4v) is 6.60. The number of hydrogen-bond donors (Lipinski definition) is 0. The van der Waals surface area contributed by atoms with E-state index >= 15 is 0 Å². The molecule has 0 fully saturated rings. The molecular weight excluding hydrogens is 431 g/mol. The van der Waals surface area contributed by atoms with Crippen molar-refractivity contribution in [3.8, 4) is 5.88 Å². The maximum Gasteiger partial charge on any atom is 0.381 e. The van der Waals surface area contributed by atoms with Gasteiger partial charge < -0.3 is 4.52 Å². The molecule has 1 rings (SSSR count). The van der Waals surface area contributed by atoms with E-state index in [-0.39, 0.29) is 21.7 Å². The zero-order valence-corrected chi connectivity index (χ0v) is 19.7. The Morgan fingerprint density at radius 3 is 2.22 bits per heavy atom. The van der Waals surface area contributed by atoms with Crippen molar-refractivity contribution < 1.29 is 22.0 Å². The van der Waals surface area contributed by atoms with E-state index in [4.69, 9.17) is 37.0 Å². The highest BCUT2D eigenvalue weighted by molar-refractivity contribution is 8.07. The molecule has 0 saturated heterocycles. The van der Waals surface area contributed by atoms with Crippen LogP contribution in [0.1, 0.15) is 59.8 Å². The van der Waals surface area contributed by atoms with Gasteiger partial charge in [0.15, 0.2) is 14.9 Å². The largest absolute Gasteiger partial charge is 0.402 e. The zero-order valence-electron chi connectivity index (χ0n) is 16.4. The van der Waals surface area contributed by atoms with Crippen molar-refractivity contribution in [2.45, 2.75) is 71.4 Å². The molecule has 0 radical (unpaired) electrons. The van der Waals surface area contributed by atoms with E-state index in [9.17, 15) is 8.42 Å². The van der Waals surface area contributed by atoms with Gasteiger partial charge in [-0.1, -0.05) is 44.7 Å². The number of halogens is 1. The van der Waals surface area contributed by atoms with Crippen LogP contribution in [0.4, 0.5) is 0 Å². The Labute approximate surface area is 172 Å². The summed E-state index contributed by atoms with van der Waals surface area (Å²) >= 11 is 11.7. The van der Waals surface area contributed by atoms with Crippen molar-refractivity contribution in [3.63, 3.8) is 0 Å². The average Bonchev–Trinajstić information content (AvgIpc) is 2.88. The van der Waals surface area contributed by atoms with Crippen molar-refractivity contribution in [3.05, 3.63) is 5.02 Å². The van der Waals surface area contributed by atoms with Crippen LogP contribution in [0.3, 0.4) is 0 Å². The van der Waals surface area contributed by atoms with Gasteiger partial charge in [-0.05, 0) is 26.7 Å². The Kier molecular flexibility index (Phi) is 10.8. The average molecular weight is 461 g/mol. The molecule has 11 heteroatoms. The highest BCUT2D eigenvalue weighted by Crippen LogP contribution is 2.51. The third kappa shape index (κ3) is 7.29. The van der Waals surface area contributed by atoms with Crippen molar-refractivity contribution in [2.24, 2.45) is 0 Å². The summed E-state index contributed by atoms with van der Waals surface area (Å²) in [6.07, 6.45) is 4.41. The van der Waals surface area contributed by atoms with Crippen LogP contribution < -0.4 is 4.52 Å². The second-order valence-corrected chi connectivity index (χ2v) is 11.2. The van der Waals surface area contributed by atoms with Crippen LogP contribution >= 0.6 is 18.3 Å². The minimum atomic E-state index is -3.59. The number of aryl methyl sites for hydroxylation is 1. The zero-order chi connectivity index (χ0) is 20.5. The fourth-order valence-electron chi connectivity index (χ4n) is 2.48. The molecule has 0 spiro atoms. The number of sulfone groups is 1. The predicted molar refractivity (Wildman–Crippen MR) is 112 cm³/mol. The van der Waals surface area contributed by atoms with Crippen LogP contribution in [-0.4, -0.2) is 37.2 Å². The Bertz CT molecular complexity index is 729. The smallest absolute Gasteiger partial charge is 0.381 e. The lowest BCUT2D eigenvalue weighted by Gasteiger charge is -2.19. The van der Waals surface area contributed by atoms with Gasteiger partial charge in [-0.3, -0.25) is 9.05 Å². The molecule has 1 aromatic rings. The van der Waals surface area contributed by atoms with Gasteiger partial charge in [-0.25, -0.2) is 13.1 Å². The molecule has 0 N–H and O–H groups in total. The topological polar surface area (TPSA) is 79.7 Å². The number of rotatable bonds is 14. The second kappa shape index (κ2) is 11.7. The lowest BCUT2D eigenvalue weighted by Crippen LogP contribution is -2.14. The van der Waals surface area contributed by atoms with Crippen LogP contribution in [0.5, 0.6) is 5.88 Å². The summed E-state index contributed by atoms with van der Waals surface area (Å²) in [4.78, 5) is 0. The highest BCUT2D eigenvalue weighted by Gasteiger charge is 2.31. The maximum atomic E-state index is 12.7. The van der Waals surface area contributed by atoms with Gasteiger partial charge >= 0.3 is 6.72 Å².